The van der Waals surface area contributed by atoms with Crippen molar-refractivity contribution in [1.29, 1.82) is 0 Å². The molecule has 0 aliphatic carbocycles. The minimum absolute atomic E-state index is 0.0408. The van der Waals surface area contributed by atoms with E-state index in [0.29, 0.717) is 5.15 Å². The number of halogens is 1. The normalized spacial score (nSPS) is 20.9. The van der Waals surface area contributed by atoms with E-state index in [1.54, 1.807) is 0 Å². The topological polar surface area (TPSA) is 39.9 Å². The molecule has 0 spiro atoms. The number of nitrogens with zero attached hydrogens (tertiary/aromatic N) is 3. The largest absolute Gasteiger partial charge is 0.356 e. The van der Waals surface area contributed by atoms with Gasteiger partial charge in [-0.25, -0.2) is 9.67 Å². The molecular weight excluding hydrogens is 238 g/mol. The molecule has 1 saturated heterocycles. The quantitative estimate of drug-likeness (QED) is 0.732. The number of fused-ring (bicyclic) bond motifs is 1. The lowest BCUT2D eigenvalue weighted by Crippen LogP contribution is -2.18. The zero-order valence-corrected chi connectivity index (χ0v) is 10.4. The molecule has 1 atom stereocenters. The summed E-state index contributed by atoms with van der Waals surface area (Å²) in [5.41, 5.74) is 1.92. The summed E-state index contributed by atoms with van der Waals surface area (Å²) in [6.07, 6.45) is 5.21. The van der Waals surface area contributed by atoms with E-state index >= 15 is 0 Å². The van der Waals surface area contributed by atoms with Crippen molar-refractivity contribution in [2.24, 2.45) is 0 Å². The average molecular weight is 252 g/mol. The Morgan fingerprint density at radius 1 is 1.47 bits per heavy atom. The van der Waals surface area contributed by atoms with Gasteiger partial charge < -0.3 is 4.74 Å². The first-order valence-electron chi connectivity index (χ1n) is 5.87. The summed E-state index contributed by atoms with van der Waals surface area (Å²) in [5.74, 6) is 0. The highest BCUT2D eigenvalue weighted by atomic mass is 35.5. The predicted octanol–water partition coefficient (Wildman–Crippen LogP) is 3.09. The SMILES string of the molecule is Cc1nc(Cl)cc2c1cnn2C1CCCCO1. The van der Waals surface area contributed by atoms with Crippen LogP contribution in [0.3, 0.4) is 0 Å². The van der Waals surface area contributed by atoms with E-state index in [2.05, 4.69) is 10.1 Å². The molecule has 3 heterocycles. The van der Waals surface area contributed by atoms with Crippen molar-refractivity contribution in [3.05, 3.63) is 23.1 Å². The Hall–Kier alpha value is -1.13. The molecule has 0 radical (unpaired) electrons. The molecule has 0 N–H and O–H groups in total. The van der Waals surface area contributed by atoms with Crippen molar-refractivity contribution < 1.29 is 4.74 Å². The van der Waals surface area contributed by atoms with Gasteiger partial charge in [-0.1, -0.05) is 11.6 Å². The highest BCUT2D eigenvalue weighted by molar-refractivity contribution is 6.30. The van der Waals surface area contributed by atoms with E-state index in [-0.39, 0.29) is 6.23 Å². The first-order valence-corrected chi connectivity index (χ1v) is 6.25. The second-order valence-corrected chi connectivity index (χ2v) is 4.76. The van der Waals surface area contributed by atoms with Crippen molar-refractivity contribution in [3.8, 4) is 0 Å². The Labute approximate surface area is 105 Å². The van der Waals surface area contributed by atoms with Crippen LogP contribution in [0.2, 0.25) is 5.15 Å². The van der Waals surface area contributed by atoms with Gasteiger partial charge in [0, 0.05) is 18.1 Å². The molecule has 2 aromatic heterocycles. The second kappa shape index (κ2) is 4.27. The summed E-state index contributed by atoms with van der Waals surface area (Å²) in [4.78, 5) is 4.23. The van der Waals surface area contributed by atoms with Crippen molar-refractivity contribution in [2.45, 2.75) is 32.4 Å². The number of ether oxygens (including phenoxy) is 1. The molecular formula is C12H14ClN3O. The Bertz CT molecular complexity index is 546. The fourth-order valence-electron chi connectivity index (χ4n) is 2.31. The molecule has 1 unspecified atom stereocenters. The Balaban J connectivity index is 2.10. The maximum Gasteiger partial charge on any atom is 0.150 e. The molecule has 4 nitrogen and oxygen atoms in total. The maximum atomic E-state index is 6.00. The maximum absolute atomic E-state index is 6.00. The zero-order chi connectivity index (χ0) is 11.8. The lowest BCUT2D eigenvalue weighted by Gasteiger charge is -2.23. The molecule has 3 rings (SSSR count). The van der Waals surface area contributed by atoms with Crippen LogP contribution in [0, 0.1) is 6.92 Å². The van der Waals surface area contributed by atoms with Crippen LogP contribution in [-0.4, -0.2) is 21.4 Å². The van der Waals surface area contributed by atoms with Crippen molar-refractivity contribution in [3.63, 3.8) is 0 Å². The summed E-state index contributed by atoms with van der Waals surface area (Å²) in [6.45, 7) is 2.76. The number of hydrogen-bond acceptors (Lipinski definition) is 3. The molecule has 5 heteroatoms. The van der Waals surface area contributed by atoms with Crippen LogP contribution >= 0.6 is 11.6 Å². The number of aromatic nitrogens is 3. The summed E-state index contributed by atoms with van der Waals surface area (Å²) in [6, 6.07) is 1.86. The third-order valence-corrected chi connectivity index (χ3v) is 3.38. The third-order valence-electron chi connectivity index (χ3n) is 3.18. The fraction of sp³-hybridized carbons (Fsp3) is 0.500. The van der Waals surface area contributed by atoms with E-state index in [1.807, 2.05) is 23.9 Å². The van der Waals surface area contributed by atoms with Crippen LogP contribution in [0.1, 0.15) is 31.2 Å². The van der Waals surface area contributed by atoms with Gasteiger partial charge in [0.15, 0.2) is 6.23 Å². The standard InChI is InChI=1S/C12H14ClN3O/c1-8-9-7-14-16(10(9)6-11(13)15-8)12-4-2-3-5-17-12/h6-7,12H,2-5H2,1H3. The molecule has 2 aromatic rings. The fourth-order valence-corrected chi connectivity index (χ4v) is 2.54. The van der Waals surface area contributed by atoms with Gasteiger partial charge in [-0.3, -0.25) is 0 Å². The minimum atomic E-state index is 0.0408. The zero-order valence-electron chi connectivity index (χ0n) is 9.69. The van der Waals surface area contributed by atoms with Gasteiger partial charge in [-0.05, 0) is 26.2 Å². The minimum Gasteiger partial charge on any atom is -0.356 e. The Morgan fingerprint density at radius 3 is 3.12 bits per heavy atom. The molecule has 0 saturated carbocycles. The van der Waals surface area contributed by atoms with Crippen molar-refractivity contribution in [1.82, 2.24) is 14.8 Å². The van der Waals surface area contributed by atoms with E-state index in [4.69, 9.17) is 16.3 Å². The summed E-state index contributed by atoms with van der Waals surface area (Å²) in [5, 5.41) is 5.97. The third kappa shape index (κ3) is 1.91. The molecule has 0 amide bonds. The summed E-state index contributed by atoms with van der Waals surface area (Å²) in [7, 11) is 0. The van der Waals surface area contributed by atoms with Gasteiger partial charge in [-0.15, -0.1) is 0 Å². The molecule has 1 aliphatic heterocycles. The van der Waals surface area contributed by atoms with Crippen LogP contribution in [0.25, 0.3) is 10.9 Å². The highest BCUT2D eigenvalue weighted by Gasteiger charge is 2.19. The van der Waals surface area contributed by atoms with E-state index in [0.717, 1.165) is 36.0 Å². The van der Waals surface area contributed by atoms with Gasteiger partial charge in [-0.2, -0.15) is 5.10 Å². The van der Waals surface area contributed by atoms with Crippen LogP contribution in [-0.2, 0) is 4.74 Å². The number of pyridine rings is 1. The van der Waals surface area contributed by atoms with E-state index in [1.165, 1.54) is 6.42 Å². The van der Waals surface area contributed by atoms with Gasteiger partial charge in [0.05, 0.1) is 17.4 Å². The monoisotopic (exact) mass is 251 g/mol. The van der Waals surface area contributed by atoms with Crippen LogP contribution < -0.4 is 0 Å². The van der Waals surface area contributed by atoms with Crippen molar-refractivity contribution in [2.75, 3.05) is 6.61 Å². The number of rotatable bonds is 1. The van der Waals surface area contributed by atoms with Crippen LogP contribution in [0.15, 0.2) is 12.3 Å². The first-order chi connectivity index (χ1) is 8.25. The molecule has 17 heavy (non-hydrogen) atoms. The molecule has 1 fully saturated rings. The van der Waals surface area contributed by atoms with Crippen LogP contribution in [0.5, 0.6) is 0 Å². The molecule has 0 bridgehead atoms. The van der Waals surface area contributed by atoms with Crippen molar-refractivity contribution >= 4 is 22.5 Å². The van der Waals surface area contributed by atoms with Gasteiger partial charge in [0.2, 0.25) is 0 Å². The molecule has 1 aliphatic rings. The van der Waals surface area contributed by atoms with E-state index in [9.17, 15) is 0 Å². The summed E-state index contributed by atoms with van der Waals surface area (Å²) < 4.78 is 7.67. The number of aryl methyl sites for hydroxylation is 1. The molecule has 90 valence electrons. The lowest BCUT2D eigenvalue weighted by atomic mass is 10.2. The summed E-state index contributed by atoms with van der Waals surface area (Å²) >= 11 is 6.00. The van der Waals surface area contributed by atoms with Crippen LogP contribution in [0.4, 0.5) is 0 Å². The lowest BCUT2D eigenvalue weighted by molar-refractivity contribution is -0.0366. The van der Waals surface area contributed by atoms with Gasteiger partial charge in [0.25, 0.3) is 0 Å². The number of hydrogen-bond donors (Lipinski definition) is 0. The van der Waals surface area contributed by atoms with Gasteiger partial charge >= 0.3 is 0 Å². The Kier molecular flexibility index (Phi) is 2.76. The molecule has 0 aromatic carbocycles. The average Bonchev–Trinajstić information content (AvgIpc) is 2.74. The predicted molar refractivity (Wildman–Crippen MR) is 66.1 cm³/mol. The first kappa shape index (κ1) is 11.0. The highest BCUT2D eigenvalue weighted by Crippen LogP contribution is 2.28. The smallest absolute Gasteiger partial charge is 0.150 e. The second-order valence-electron chi connectivity index (χ2n) is 4.37. The van der Waals surface area contributed by atoms with E-state index < -0.39 is 0 Å². The Morgan fingerprint density at radius 2 is 2.35 bits per heavy atom. The van der Waals surface area contributed by atoms with Gasteiger partial charge in [0.1, 0.15) is 5.15 Å².